The van der Waals surface area contributed by atoms with Gasteiger partial charge in [-0.25, -0.2) is 0 Å². The molecule has 0 aromatic heterocycles. The van der Waals surface area contributed by atoms with Gasteiger partial charge in [-0.1, -0.05) is 0 Å². The Hall–Kier alpha value is -0.840. The van der Waals surface area contributed by atoms with Crippen molar-refractivity contribution >= 4 is 23.3 Å². The molecule has 0 amide bonds. The molecule has 0 aromatic rings. The fraction of sp³-hybridized carbons (Fsp3) is 0.818. The van der Waals surface area contributed by atoms with E-state index in [9.17, 15) is 4.79 Å². The summed E-state index contributed by atoms with van der Waals surface area (Å²) in [6, 6.07) is 0.373. The average Bonchev–Trinajstić information content (AvgIpc) is 2.07. The van der Waals surface area contributed by atoms with Crippen molar-refractivity contribution in [2.24, 2.45) is 0 Å². The predicted molar refractivity (Wildman–Crippen MR) is 67.5 cm³/mol. The van der Waals surface area contributed by atoms with Gasteiger partial charge < -0.3 is 15.3 Å². The number of aliphatic carboxylic acids is 1. The van der Waals surface area contributed by atoms with Crippen LogP contribution in [0.3, 0.4) is 0 Å². The first kappa shape index (κ1) is 13.2. The summed E-state index contributed by atoms with van der Waals surface area (Å²) in [5, 5.41) is 12.6. The lowest BCUT2D eigenvalue weighted by Crippen LogP contribution is -2.60. The SMILES string of the molecule is C[C@H]1CC(C)(C)NC(=S)N1CCCC(=O)O. The molecule has 0 bridgehead atoms. The van der Waals surface area contributed by atoms with E-state index in [1.807, 2.05) is 0 Å². The lowest BCUT2D eigenvalue weighted by Gasteiger charge is -2.44. The molecule has 0 aliphatic carbocycles. The van der Waals surface area contributed by atoms with Gasteiger partial charge in [0.2, 0.25) is 0 Å². The van der Waals surface area contributed by atoms with Gasteiger partial charge in [-0.05, 0) is 45.8 Å². The van der Waals surface area contributed by atoms with Crippen molar-refractivity contribution in [3.05, 3.63) is 0 Å². The number of rotatable bonds is 4. The van der Waals surface area contributed by atoms with Gasteiger partial charge in [0.1, 0.15) is 0 Å². The fourth-order valence-corrected chi connectivity index (χ4v) is 2.73. The van der Waals surface area contributed by atoms with Crippen LogP contribution in [0, 0.1) is 0 Å². The Morgan fingerprint density at radius 1 is 1.69 bits per heavy atom. The van der Waals surface area contributed by atoms with Crippen LogP contribution in [-0.4, -0.2) is 39.2 Å². The van der Waals surface area contributed by atoms with E-state index >= 15 is 0 Å². The van der Waals surface area contributed by atoms with Crippen molar-refractivity contribution < 1.29 is 9.90 Å². The van der Waals surface area contributed by atoms with Crippen molar-refractivity contribution in [3.63, 3.8) is 0 Å². The predicted octanol–water partition coefficient (Wildman–Crippen LogP) is 1.60. The monoisotopic (exact) mass is 244 g/mol. The number of carbonyl (C=O) groups is 1. The molecule has 1 rings (SSSR count). The maximum Gasteiger partial charge on any atom is 0.303 e. The third-order valence-electron chi connectivity index (χ3n) is 2.83. The largest absolute Gasteiger partial charge is 0.481 e. The van der Waals surface area contributed by atoms with E-state index in [0.717, 1.165) is 18.1 Å². The lowest BCUT2D eigenvalue weighted by molar-refractivity contribution is -0.137. The Labute approximate surface area is 102 Å². The zero-order chi connectivity index (χ0) is 12.3. The highest BCUT2D eigenvalue weighted by Crippen LogP contribution is 2.22. The maximum absolute atomic E-state index is 10.4. The molecule has 92 valence electrons. The summed E-state index contributed by atoms with van der Waals surface area (Å²) in [5.41, 5.74) is 0.0415. The Balaban J connectivity index is 2.48. The highest BCUT2D eigenvalue weighted by Gasteiger charge is 2.32. The molecular weight excluding hydrogens is 224 g/mol. The van der Waals surface area contributed by atoms with Gasteiger partial charge in [0.25, 0.3) is 0 Å². The summed E-state index contributed by atoms with van der Waals surface area (Å²) in [7, 11) is 0. The molecular formula is C11H20N2O2S. The number of nitrogens with zero attached hydrogens (tertiary/aromatic N) is 1. The van der Waals surface area contributed by atoms with E-state index in [-0.39, 0.29) is 12.0 Å². The van der Waals surface area contributed by atoms with Crippen molar-refractivity contribution in [1.29, 1.82) is 0 Å². The first-order valence-corrected chi connectivity index (χ1v) is 6.03. The maximum atomic E-state index is 10.4. The van der Waals surface area contributed by atoms with Gasteiger partial charge in [-0.15, -0.1) is 0 Å². The van der Waals surface area contributed by atoms with Crippen LogP contribution in [0.5, 0.6) is 0 Å². The quantitative estimate of drug-likeness (QED) is 0.736. The van der Waals surface area contributed by atoms with Crippen LogP contribution >= 0.6 is 12.2 Å². The molecule has 16 heavy (non-hydrogen) atoms. The van der Waals surface area contributed by atoms with E-state index in [2.05, 4.69) is 31.0 Å². The summed E-state index contributed by atoms with van der Waals surface area (Å²) in [5.74, 6) is -0.746. The van der Waals surface area contributed by atoms with Crippen molar-refractivity contribution in [3.8, 4) is 0 Å². The molecule has 1 atom stereocenters. The standard InChI is InChI=1S/C11H20N2O2S/c1-8-7-11(2,3)12-10(16)13(8)6-4-5-9(14)15/h8H,4-7H2,1-3H3,(H,12,16)(H,14,15)/t8-/m0/s1. The van der Waals surface area contributed by atoms with E-state index < -0.39 is 5.97 Å². The molecule has 0 radical (unpaired) electrons. The van der Waals surface area contributed by atoms with Gasteiger partial charge in [-0.2, -0.15) is 0 Å². The molecule has 2 N–H and O–H groups in total. The molecule has 1 heterocycles. The third-order valence-corrected chi connectivity index (χ3v) is 3.17. The molecule has 1 saturated heterocycles. The molecule has 0 spiro atoms. The second-order valence-corrected chi connectivity index (χ2v) is 5.44. The number of hydrogen-bond donors (Lipinski definition) is 2. The molecule has 1 aliphatic heterocycles. The summed E-state index contributed by atoms with van der Waals surface area (Å²) in [6.07, 6.45) is 1.86. The second kappa shape index (κ2) is 4.99. The van der Waals surface area contributed by atoms with E-state index in [0.29, 0.717) is 12.5 Å². The molecule has 5 heteroatoms. The zero-order valence-electron chi connectivity index (χ0n) is 10.1. The zero-order valence-corrected chi connectivity index (χ0v) is 10.9. The van der Waals surface area contributed by atoms with Crippen LogP contribution < -0.4 is 5.32 Å². The molecule has 1 aliphatic rings. The molecule has 1 fully saturated rings. The van der Waals surface area contributed by atoms with E-state index in [1.54, 1.807) is 0 Å². The number of hydrogen-bond acceptors (Lipinski definition) is 2. The summed E-state index contributed by atoms with van der Waals surface area (Å²) in [6.45, 7) is 7.11. The first-order valence-electron chi connectivity index (χ1n) is 5.62. The smallest absolute Gasteiger partial charge is 0.303 e. The van der Waals surface area contributed by atoms with Gasteiger partial charge in [0.05, 0.1) is 0 Å². The minimum Gasteiger partial charge on any atom is -0.481 e. The van der Waals surface area contributed by atoms with Gasteiger partial charge in [0.15, 0.2) is 5.11 Å². The first-order chi connectivity index (χ1) is 7.32. The molecule has 4 nitrogen and oxygen atoms in total. The highest BCUT2D eigenvalue weighted by molar-refractivity contribution is 7.80. The highest BCUT2D eigenvalue weighted by atomic mass is 32.1. The van der Waals surface area contributed by atoms with E-state index in [4.69, 9.17) is 17.3 Å². The number of carboxylic acids is 1. The molecule has 0 aromatic carbocycles. The van der Waals surface area contributed by atoms with Crippen LogP contribution in [0.2, 0.25) is 0 Å². The Bertz CT molecular complexity index is 292. The normalized spacial score (nSPS) is 24.1. The minimum absolute atomic E-state index is 0.0415. The van der Waals surface area contributed by atoms with E-state index in [1.165, 1.54) is 0 Å². The lowest BCUT2D eigenvalue weighted by atomic mass is 9.93. The Morgan fingerprint density at radius 2 is 2.31 bits per heavy atom. The Morgan fingerprint density at radius 3 is 2.81 bits per heavy atom. The number of nitrogens with one attached hydrogen (secondary N) is 1. The summed E-state index contributed by atoms with van der Waals surface area (Å²) >= 11 is 5.30. The van der Waals surface area contributed by atoms with Crippen LogP contribution in [0.25, 0.3) is 0 Å². The van der Waals surface area contributed by atoms with Crippen LogP contribution in [0.1, 0.15) is 40.0 Å². The van der Waals surface area contributed by atoms with Gasteiger partial charge in [-0.3, -0.25) is 4.79 Å². The number of carboxylic acid groups (broad SMARTS) is 1. The molecule has 0 unspecified atom stereocenters. The third kappa shape index (κ3) is 3.63. The molecule has 0 saturated carbocycles. The topological polar surface area (TPSA) is 52.6 Å². The van der Waals surface area contributed by atoms with Crippen LogP contribution in [0.4, 0.5) is 0 Å². The Kier molecular flexibility index (Phi) is 4.13. The summed E-state index contributed by atoms with van der Waals surface area (Å²) in [4.78, 5) is 12.5. The van der Waals surface area contributed by atoms with Crippen molar-refractivity contribution in [1.82, 2.24) is 10.2 Å². The number of thiocarbonyl (C=S) groups is 1. The fourth-order valence-electron chi connectivity index (χ4n) is 2.18. The van der Waals surface area contributed by atoms with Crippen molar-refractivity contribution in [2.45, 2.75) is 51.6 Å². The second-order valence-electron chi connectivity index (χ2n) is 5.06. The summed E-state index contributed by atoms with van der Waals surface area (Å²) < 4.78 is 0. The van der Waals surface area contributed by atoms with Crippen molar-refractivity contribution in [2.75, 3.05) is 6.54 Å². The van der Waals surface area contributed by atoms with Crippen LogP contribution in [0.15, 0.2) is 0 Å². The average molecular weight is 244 g/mol. The van der Waals surface area contributed by atoms with Gasteiger partial charge in [0, 0.05) is 24.5 Å². The van der Waals surface area contributed by atoms with Crippen LogP contribution in [-0.2, 0) is 4.79 Å². The minimum atomic E-state index is -0.746. The van der Waals surface area contributed by atoms with Gasteiger partial charge >= 0.3 is 5.97 Å².